The smallest absolute Gasteiger partial charge is 0.323 e. The van der Waals surface area contributed by atoms with Crippen LogP contribution in [0.15, 0.2) is 24.3 Å². The highest BCUT2D eigenvalue weighted by Gasteiger charge is 2.42. The average molecular weight is 524 g/mol. The van der Waals surface area contributed by atoms with E-state index in [0.29, 0.717) is 13.0 Å². The molecule has 0 saturated carbocycles. The van der Waals surface area contributed by atoms with Crippen LogP contribution in [0.3, 0.4) is 0 Å². The van der Waals surface area contributed by atoms with Gasteiger partial charge in [-0.25, -0.2) is 0 Å². The molecule has 3 heterocycles. The number of esters is 1. The summed E-state index contributed by atoms with van der Waals surface area (Å²) in [5.41, 5.74) is 8.99. The third kappa shape index (κ3) is 6.76. The van der Waals surface area contributed by atoms with Crippen molar-refractivity contribution in [2.45, 2.75) is 103 Å². The van der Waals surface area contributed by atoms with Crippen molar-refractivity contribution in [3.8, 4) is 0 Å². The molecule has 2 aliphatic rings. The second kappa shape index (κ2) is 13.3. The Morgan fingerprint density at radius 1 is 1.16 bits per heavy atom. The van der Waals surface area contributed by atoms with Gasteiger partial charge in [-0.05, 0) is 87.9 Å². The van der Waals surface area contributed by atoms with Crippen LogP contribution in [0.25, 0.3) is 10.9 Å². The molecule has 1 unspecified atom stereocenters. The molecule has 208 valence electrons. The Labute approximate surface area is 226 Å². The van der Waals surface area contributed by atoms with Crippen molar-refractivity contribution in [3.63, 3.8) is 0 Å². The van der Waals surface area contributed by atoms with Crippen molar-refractivity contribution in [3.05, 3.63) is 35.5 Å². The molecule has 0 bridgehead atoms. The maximum absolute atomic E-state index is 13.8. The number of rotatable bonds is 13. The number of hydrogen-bond donors (Lipinski definition) is 3. The number of amidine groups is 1. The number of ether oxygens (including phenoxy) is 1. The molecule has 2 fully saturated rings. The number of H-pyrrole nitrogens is 1. The number of benzene rings is 1. The highest BCUT2D eigenvalue weighted by molar-refractivity contribution is 5.85. The molecule has 1 amide bonds. The largest absolute Gasteiger partial charge is 0.465 e. The number of fused-ring (bicyclic) bond motifs is 1. The fourth-order valence-electron chi connectivity index (χ4n) is 6.23. The molecule has 0 spiro atoms. The molecular weight excluding hydrogens is 478 g/mol. The van der Waals surface area contributed by atoms with E-state index >= 15 is 0 Å². The predicted molar refractivity (Wildman–Crippen MR) is 151 cm³/mol. The molecule has 2 saturated heterocycles. The van der Waals surface area contributed by atoms with Gasteiger partial charge in [0.05, 0.1) is 18.5 Å². The van der Waals surface area contributed by atoms with E-state index in [1.807, 2.05) is 6.92 Å². The first kappa shape index (κ1) is 28.1. The molecule has 2 aliphatic heterocycles. The Bertz CT molecular complexity index is 1110. The van der Waals surface area contributed by atoms with Crippen LogP contribution in [-0.4, -0.2) is 70.3 Å². The summed E-state index contributed by atoms with van der Waals surface area (Å²) < 4.78 is 5.41. The van der Waals surface area contributed by atoms with Gasteiger partial charge < -0.3 is 20.4 Å². The number of nitrogens with zero attached hydrogens (tertiary/aromatic N) is 2. The summed E-state index contributed by atoms with van der Waals surface area (Å²) in [5, 5.41) is 8.65. The normalized spacial score (nSPS) is 20.7. The molecule has 3 atom stereocenters. The maximum Gasteiger partial charge on any atom is 0.323 e. The topological polar surface area (TPSA) is 116 Å². The van der Waals surface area contributed by atoms with Crippen molar-refractivity contribution < 1.29 is 14.3 Å². The third-order valence-electron chi connectivity index (χ3n) is 8.20. The second-order valence-corrected chi connectivity index (χ2v) is 10.9. The summed E-state index contributed by atoms with van der Waals surface area (Å²) in [4.78, 5) is 34.4. The number of nitrogens with two attached hydrogens (primary N) is 1. The molecule has 8 nitrogen and oxygen atoms in total. The summed E-state index contributed by atoms with van der Waals surface area (Å²) in [7, 11) is 0. The van der Waals surface area contributed by atoms with Gasteiger partial charge in [-0.2, -0.15) is 0 Å². The molecule has 4 N–H and O–H groups in total. The zero-order valence-electron chi connectivity index (χ0n) is 23.1. The van der Waals surface area contributed by atoms with Crippen LogP contribution in [0.5, 0.6) is 0 Å². The van der Waals surface area contributed by atoms with Gasteiger partial charge in [0.2, 0.25) is 5.91 Å². The van der Waals surface area contributed by atoms with E-state index in [-0.39, 0.29) is 35.8 Å². The molecule has 1 aromatic heterocycles. The van der Waals surface area contributed by atoms with Gasteiger partial charge in [0.25, 0.3) is 0 Å². The summed E-state index contributed by atoms with van der Waals surface area (Å²) in [6.45, 7) is 5.93. The SMILES string of the molecule is CCCCC(C(=O)OCC)N1CCC[C@@H]1C(=O)N1CCC[C@H]1CCc1cc2ccc(CCC(=N)N)cc2[nH]1. The van der Waals surface area contributed by atoms with E-state index in [0.717, 1.165) is 82.8 Å². The number of unbranched alkanes of at least 4 members (excludes halogenated alkanes) is 1. The number of carbonyl (C=O) groups excluding carboxylic acids is 2. The van der Waals surface area contributed by atoms with E-state index in [1.54, 1.807) is 0 Å². The van der Waals surface area contributed by atoms with Gasteiger partial charge in [0.1, 0.15) is 6.04 Å². The van der Waals surface area contributed by atoms with E-state index in [1.165, 1.54) is 16.6 Å². The lowest BCUT2D eigenvalue weighted by atomic mass is 10.0. The molecule has 2 aromatic rings. The van der Waals surface area contributed by atoms with Crippen LogP contribution in [0.1, 0.15) is 82.9 Å². The Morgan fingerprint density at radius 3 is 2.74 bits per heavy atom. The number of carbonyl (C=O) groups is 2. The van der Waals surface area contributed by atoms with Gasteiger partial charge in [-0.3, -0.25) is 19.9 Å². The Morgan fingerprint density at radius 2 is 1.97 bits per heavy atom. The zero-order chi connectivity index (χ0) is 27.1. The quantitative estimate of drug-likeness (QED) is 0.202. The van der Waals surface area contributed by atoms with Crippen molar-refractivity contribution in [2.24, 2.45) is 5.73 Å². The fourth-order valence-corrected chi connectivity index (χ4v) is 6.23. The summed E-state index contributed by atoms with van der Waals surface area (Å²) in [5.74, 6) is 0.232. The van der Waals surface area contributed by atoms with Gasteiger partial charge in [-0.1, -0.05) is 31.9 Å². The van der Waals surface area contributed by atoms with E-state index in [4.69, 9.17) is 15.9 Å². The van der Waals surface area contributed by atoms with Crippen LogP contribution in [-0.2, 0) is 27.2 Å². The van der Waals surface area contributed by atoms with Crippen LogP contribution in [0.4, 0.5) is 0 Å². The minimum absolute atomic E-state index is 0.179. The summed E-state index contributed by atoms with van der Waals surface area (Å²) in [6.07, 6.45) is 9.71. The van der Waals surface area contributed by atoms with Gasteiger partial charge in [0.15, 0.2) is 0 Å². The van der Waals surface area contributed by atoms with Crippen LogP contribution >= 0.6 is 0 Å². The van der Waals surface area contributed by atoms with Gasteiger partial charge in [0, 0.05) is 30.2 Å². The van der Waals surface area contributed by atoms with E-state index < -0.39 is 0 Å². The first-order valence-corrected chi connectivity index (χ1v) is 14.6. The molecule has 0 aliphatic carbocycles. The molecule has 4 rings (SSSR count). The fraction of sp³-hybridized carbons (Fsp3) is 0.633. The maximum atomic E-state index is 13.8. The van der Waals surface area contributed by atoms with Gasteiger partial charge >= 0.3 is 5.97 Å². The zero-order valence-corrected chi connectivity index (χ0v) is 23.1. The number of likely N-dealkylation sites (tertiary alicyclic amines) is 2. The van der Waals surface area contributed by atoms with Crippen molar-refractivity contribution in [2.75, 3.05) is 19.7 Å². The Balaban J connectivity index is 1.39. The third-order valence-corrected chi connectivity index (χ3v) is 8.20. The number of nitrogens with one attached hydrogen (secondary N) is 2. The highest BCUT2D eigenvalue weighted by atomic mass is 16.5. The molecule has 8 heteroatoms. The monoisotopic (exact) mass is 523 g/mol. The Kier molecular flexibility index (Phi) is 9.83. The number of aromatic amines is 1. The predicted octanol–water partition coefficient (Wildman–Crippen LogP) is 4.55. The van der Waals surface area contributed by atoms with Crippen LogP contribution < -0.4 is 5.73 Å². The minimum atomic E-state index is -0.320. The first-order chi connectivity index (χ1) is 18.4. The van der Waals surface area contributed by atoms with E-state index in [2.05, 4.69) is 46.0 Å². The van der Waals surface area contributed by atoms with Crippen molar-refractivity contribution in [1.82, 2.24) is 14.8 Å². The van der Waals surface area contributed by atoms with Crippen molar-refractivity contribution in [1.29, 1.82) is 5.41 Å². The van der Waals surface area contributed by atoms with Crippen molar-refractivity contribution >= 4 is 28.6 Å². The number of hydrogen-bond acceptors (Lipinski definition) is 5. The summed E-state index contributed by atoms with van der Waals surface area (Å²) >= 11 is 0. The molecule has 0 radical (unpaired) electrons. The second-order valence-electron chi connectivity index (χ2n) is 10.9. The van der Waals surface area contributed by atoms with E-state index in [9.17, 15) is 9.59 Å². The Hall–Kier alpha value is -2.87. The molecule has 1 aromatic carbocycles. The average Bonchev–Trinajstić information content (AvgIpc) is 3.65. The van der Waals surface area contributed by atoms with Gasteiger partial charge in [-0.15, -0.1) is 0 Å². The van der Waals surface area contributed by atoms with Crippen LogP contribution in [0.2, 0.25) is 0 Å². The number of aryl methyl sites for hydroxylation is 2. The standard InChI is InChI=1S/C30H45N5O3/c1-3-5-9-27(30(37)38-4-2)35-18-7-10-26(35)29(36)34-17-6-8-24(34)15-14-23-20-22-13-11-21(12-16-28(31)32)19-25(22)33-23/h11,13,19-20,24,26-27,33H,3-10,12,14-18H2,1-2H3,(H3,31,32)/t24-,26+,27?/m0/s1. The molecular formula is C30H45N5O3. The minimum Gasteiger partial charge on any atom is -0.465 e. The molecule has 38 heavy (non-hydrogen) atoms. The lowest BCUT2D eigenvalue weighted by molar-refractivity contribution is -0.152. The summed E-state index contributed by atoms with van der Waals surface area (Å²) in [6, 6.07) is 8.30. The lowest BCUT2D eigenvalue weighted by Gasteiger charge is -2.35. The number of amides is 1. The highest BCUT2D eigenvalue weighted by Crippen LogP contribution is 2.30. The first-order valence-electron chi connectivity index (χ1n) is 14.6. The lowest BCUT2D eigenvalue weighted by Crippen LogP contribution is -2.53. The number of aromatic nitrogens is 1. The van der Waals surface area contributed by atoms with Crippen LogP contribution in [0, 0.1) is 5.41 Å².